The Hall–Kier alpha value is -1.40. The number of aryl methyl sites for hydroxylation is 1. The van der Waals surface area contributed by atoms with Gasteiger partial charge < -0.3 is 4.90 Å². The molecule has 1 aromatic rings. The van der Waals surface area contributed by atoms with Crippen molar-refractivity contribution in [3.63, 3.8) is 0 Å². The van der Waals surface area contributed by atoms with E-state index in [1.165, 1.54) is 0 Å². The van der Waals surface area contributed by atoms with Crippen molar-refractivity contribution >= 4 is 15.9 Å². The number of sulfonamides is 1. The molecule has 0 radical (unpaired) electrons. The topological polar surface area (TPSA) is 66.5 Å². The van der Waals surface area contributed by atoms with E-state index in [-0.39, 0.29) is 11.7 Å². The largest absolute Gasteiger partial charge is 0.339 e. The molecule has 0 atom stereocenters. The Morgan fingerprint density at radius 2 is 1.83 bits per heavy atom. The molecule has 2 rings (SSSR count). The maximum atomic E-state index is 12.5. The molecule has 0 spiro atoms. The summed E-state index contributed by atoms with van der Waals surface area (Å²) in [6, 6.07) is 7.68. The van der Waals surface area contributed by atoms with Crippen molar-refractivity contribution in [2.75, 3.05) is 25.4 Å². The van der Waals surface area contributed by atoms with Crippen LogP contribution in [0.1, 0.15) is 48.5 Å². The average Bonchev–Trinajstić information content (AvgIpc) is 2.55. The number of hydrogen-bond acceptors (Lipinski definition) is 3. The van der Waals surface area contributed by atoms with Gasteiger partial charge in [-0.3, -0.25) is 4.79 Å². The van der Waals surface area contributed by atoms with Gasteiger partial charge in [0.05, 0.1) is 5.75 Å². The third-order valence-electron chi connectivity index (χ3n) is 4.55. The molecule has 1 heterocycles. The molecular formula is C18H28N2O3S. The molecule has 0 saturated carbocycles. The lowest BCUT2D eigenvalue weighted by Gasteiger charge is -2.32. The van der Waals surface area contributed by atoms with Gasteiger partial charge in [-0.2, -0.15) is 0 Å². The Balaban J connectivity index is 1.75. The van der Waals surface area contributed by atoms with Gasteiger partial charge in [-0.15, -0.1) is 0 Å². The van der Waals surface area contributed by atoms with Crippen LogP contribution in [0, 0.1) is 12.8 Å². The molecule has 5 nitrogen and oxygen atoms in total. The number of hydrogen-bond donors (Lipinski definition) is 1. The molecule has 24 heavy (non-hydrogen) atoms. The highest BCUT2D eigenvalue weighted by Crippen LogP contribution is 2.21. The van der Waals surface area contributed by atoms with Gasteiger partial charge in [0.15, 0.2) is 0 Å². The van der Waals surface area contributed by atoms with E-state index < -0.39 is 10.0 Å². The number of nitrogens with zero attached hydrogens (tertiary/aromatic N) is 1. The van der Waals surface area contributed by atoms with Crippen LogP contribution in [0.4, 0.5) is 0 Å². The second-order valence-corrected chi connectivity index (χ2v) is 8.53. The molecule has 6 heteroatoms. The normalized spacial score (nSPS) is 16.3. The minimum atomic E-state index is -3.11. The van der Waals surface area contributed by atoms with Gasteiger partial charge >= 0.3 is 0 Å². The average molecular weight is 353 g/mol. The fourth-order valence-electron chi connectivity index (χ4n) is 3.06. The van der Waals surface area contributed by atoms with Crippen LogP contribution in [0.5, 0.6) is 0 Å². The molecule has 0 bridgehead atoms. The number of benzene rings is 1. The summed E-state index contributed by atoms with van der Waals surface area (Å²) in [4.78, 5) is 14.4. The van der Waals surface area contributed by atoms with E-state index in [0.29, 0.717) is 18.9 Å². The summed E-state index contributed by atoms with van der Waals surface area (Å²) >= 11 is 0. The molecule has 0 unspecified atom stereocenters. The fraction of sp³-hybridized carbons (Fsp3) is 0.611. The van der Waals surface area contributed by atoms with Crippen molar-refractivity contribution in [2.45, 2.75) is 39.5 Å². The lowest BCUT2D eigenvalue weighted by Crippen LogP contribution is -2.39. The predicted octanol–water partition coefficient (Wildman–Crippen LogP) is 2.57. The van der Waals surface area contributed by atoms with Crippen LogP contribution in [-0.4, -0.2) is 44.6 Å². The highest BCUT2D eigenvalue weighted by Gasteiger charge is 2.23. The highest BCUT2D eigenvalue weighted by molar-refractivity contribution is 7.89. The molecule has 1 fully saturated rings. The first-order chi connectivity index (χ1) is 11.4. The van der Waals surface area contributed by atoms with Gasteiger partial charge in [-0.1, -0.05) is 24.6 Å². The first-order valence-corrected chi connectivity index (χ1v) is 10.4. The van der Waals surface area contributed by atoms with Crippen molar-refractivity contribution < 1.29 is 13.2 Å². The molecule has 1 saturated heterocycles. The summed E-state index contributed by atoms with van der Waals surface area (Å²) in [5, 5.41) is 0. The van der Waals surface area contributed by atoms with Crippen LogP contribution in [-0.2, 0) is 10.0 Å². The van der Waals surface area contributed by atoms with Gasteiger partial charge in [0, 0.05) is 25.2 Å². The monoisotopic (exact) mass is 352 g/mol. The molecule has 1 aromatic carbocycles. The number of nitrogens with one attached hydrogen (secondary N) is 1. The van der Waals surface area contributed by atoms with Crippen LogP contribution in [0.25, 0.3) is 0 Å². The maximum absolute atomic E-state index is 12.5. The summed E-state index contributed by atoms with van der Waals surface area (Å²) in [6.07, 6.45) is 3.35. The van der Waals surface area contributed by atoms with Crippen LogP contribution >= 0.6 is 0 Å². The third kappa shape index (κ3) is 5.60. The minimum absolute atomic E-state index is 0.0945. The van der Waals surface area contributed by atoms with Gasteiger partial charge in [-0.25, -0.2) is 13.1 Å². The lowest BCUT2D eigenvalue weighted by atomic mass is 9.93. The number of rotatable bonds is 7. The van der Waals surface area contributed by atoms with Gasteiger partial charge in [-0.05, 0) is 50.7 Å². The Bertz CT molecular complexity index is 633. The second kappa shape index (κ2) is 8.62. The van der Waals surface area contributed by atoms with E-state index in [1.807, 2.05) is 43.0 Å². The predicted molar refractivity (Wildman–Crippen MR) is 96.5 cm³/mol. The molecule has 0 aliphatic carbocycles. The zero-order valence-electron chi connectivity index (χ0n) is 14.6. The Morgan fingerprint density at radius 3 is 2.42 bits per heavy atom. The summed E-state index contributed by atoms with van der Waals surface area (Å²) in [6.45, 7) is 5.87. The van der Waals surface area contributed by atoms with Crippen LogP contribution in [0.3, 0.4) is 0 Å². The summed E-state index contributed by atoms with van der Waals surface area (Å²) in [5.41, 5.74) is 1.89. The zero-order valence-corrected chi connectivity index (χ0v) is 15.4. The van der Waals surface area contributed by atoms with Crippen molar-refractivity contribution in [1.82, 2.24) is 9.62 Å². The lowest BCUT2D eigenvalue weighted by molar-refractivity contribution is 0.0687. The standard InChI is InChI=1S/C18H28N2O3S/c1-3-14-24(22,23)19-11-8-16-9-12-20(13-10-16)18(21)17-6-4-15(2)5-7-17/h4-7,16,19H,3,8-14H2,1-2H3. The molecule has 1 aliphatic rings. The summed E-state index contributed by atoms with van der Waals surface area (Å²) in [5.74, 6) is 0.768. The van der Waals surface area contributed by atoms with Crippen molar-refractivity contribution in [2.24, 2.45) is 5.92 Å². The molecule has 0 aromatic heterocycles. The van der Waals surface area contributed by atoms with E-state index in [4.69, 9.17) is 0 Å². The van der Waals surface area contributed by atoms with Crippen molar-refractivity contribution in [3.05, 3.63) is 35.4 Å². The molecule has 1 amide bonds. The van der Waals surface area contributed by atoms with Gasteiger partial charge in [0.25, 0.3) is 5.91 Å². The van der Waals surface area contributed by atoms with E-state index in [1.54, 1.807) is 0 Å². The van der Waals surface area contributed by atoms with Crippen molar-refractivity contribution in [3.8, 4) is 0 Å². The molecular weight excluding hydrogens is 324 g/mol. The molecule has 1 N–H and O–H groups in total. The minimum Gasteiger partial charge on any atom is -0.339 e. The third-order valence-corrected chi connectivity index (χ3v) is 6.14. The molecule has 134 valence electrons. The summed E-state index contributed by atoms with van der Waals surface area (Å²) in [7, 11) is -3.11. The smallest absolute Gasteiger partial charge is 0.253 e. The quantitative estimate of drug-likeness (QED) is 0.820. The zero-order chi connectivity index (χ0) is 17.6. The SMILES string of the molecule is CCCS(=O)(=O)NCCC1CCN(C(=O)c2ccc(C)cc2)CC1. The maximum Gasteiger partial charge on any atom is 0.253 e. The molecule has 1 aliphatic heterocycles. The van der Waals surface area contributed by atoms with E-state index in [2.05, 4.69) is 4.72 Å². The Kier molecular flexibility index (Phi) is 6.80. The number of piperidine rings is 1. The Morgan fingerprint density at radius 1 is 1.21 bits per heavy atom. The van der Waals surface area contributed by atoms with E-state index in [0.717, 1.165) is 43.5 Å². The van der Waals surface area contributed by atoms with Crippen LogP contribution in [0.15, 0.2) is 24.3 Å². The summed E-state index contributed by atoms with van der Waals surface area (Å²) < 4.78 is 25.9. The Labute approximate surface area is 145 Å². The van der Waals surface area contributed by atoms with Gasteiger partial charge in [0.1, 0.15) is 0 Å². The highest BCUT2D eigenvalue weighted by atomic mass is 32.2. The van der Waals surface area contributed by atoms with Crippen LogP contribution < -0.4 is 4.72 Å². The van der Waals surface area contributed by atoms with Crippen LogP contribution in [0.2, 0.25) is 0 Å². The fourth-order valence-corrected chi connectivity index (χ4v) is 4.17. The first kappa shape index (κ1) is 18.9. The van der Waals surface area contributed by atoms with E-state index in [9.17, 15) is 13.2 Å². The van der Waals surface area contributed by atoms with Gasteiger partial charge in [0.2, 0.25) is 10.0 Å². The number of likely N-dealkylation sites (tertiary alicyclic amines) is 1. The van der Waals surface area contributed by atoms with E-state index >= 15 is 0 Å². The number of amides is 1. The first-order valence-electron chi connectivity index (χ1n) is 8.74. The number of carbonyl (C=O) groups excluding carboxylic acids is 1. The number of carbonyl (C=O) groups is 1. The van der Waals surface area contributed by atoms with Crippen molar-refractivity contribution in [1.29, 1.82) is 0 Å². The second-order valence-electron chi connectivity index (χ2n) is 6.60.